The van der Waals surface area contributed by atoms with Crippen LogP contribution in [0.25, 0.3) is 22.4 Å². The number of pyridine rings is 1. The van der Waals surface area contributed by atoms with Gasteiger partial charge in [0.15, 0.2) is 0 Å². The summed E-state index contributed by atoms with van der Waals surface area (Å²) in [6.07, 6.45) is 3.57. The van der Waals surface area contributed by atoms with Gasteiger partial charge in [0.05, 0.1) is 23.1 Å². The van der Waals surface area contributed by atoms with Gasteiger partial charge in [0, 0.05) is 37.6 Å². The van der Waals surface area contributed by atoms with Gasteiger partial charge in [-0.05, 0) is 68.4 Å². The van der Waals surface area contributed by atoms with Crippen molar-refractivity contribution in [3.05, 3.63) is 67.0 Å². The molecule has 0 unspecified atom stereocenters. The minimum Gasteiger partial charge on any atom is -0.372 e. The molecule has 0 fully saturated rings. The van der Waals surface area contributed by atoms with Crippen LogP contribution in [0.3, 0.4) is 0 Å². The normalized spacial score (nSPS) is 11.4. The second-order valence-corrected chi connectivity index (χ2v) is 6.79. The van der Waals surface area contributed by atoms with Gasteiger partial charge in [0.25, 0.3) is 0 Å². The van der Waals surface area contributed by atoms with Crippen molar-refractivity contribution in [3.63, 3.8) is 0 Å². The number of hydrogen-bond acceptors (Lipinski definition) is 5. The Morgan fingerprint density at radius 2 is 1.48 bits per heavy atom. The standard InChI is InChI=1S/C23H24N6/c1-4-29(5-2)20-12-10-19(11-13-20)27-26-18-8-6-17(7-9-18)23-25-21-16-24-15-14-22(21)28(23)3/h6-16H,4-5H2,1-3H3. The first-order valence-corrected chi connectivity index (χ1v) is 9.83. The zero-order valence-electron chi connectivity index (χ0n) is 16.9. The van der Waals surface area contributed by atoms with Gasteiger partial charge in [-0.3, -0.25) is 4.98 Å². The van der Waals surface area contributed by atoms with E-state index < -0.39 is 0 Å². The van der Waals surface area contributed by atoms with Crippen LogP contribution >= 0.6 is 0 Å². The number of imidazole rings is 1. The van der Waals surface area contributed by atoms with E-state index in [1.807, 2.05) is 49.5 Å². The molecule has 2 heterocycles. The Kier molecular flexibility index (Phi) is 5.33. The number of fused-ring (bicyclic) bond motifs is 1. The van der Waals surface area contributed by atoms with Crippen molar-refractivity contribution in [3.8, 4) is 11.4 Å². The molecule has 146 valence electrons. The number of nitrogens with zero attached hydrogens (tertiary/aromatic N) is 6. The molecule has 0 N–H and O–H groups in total. The van der Waals surface area contributed by atoms with Crippen LogP contribution < -0.4 is 4.90 Å². The zero-order chi connectivity index (χ0) is 20.2. The summed E-state index contributed by atoms with van der Waals surface area (Å²) < 4.78 is 2.07. The SMILES string of the molecule is CCN(CC)c1ccc(N=Nc2ccc(-c3nc4cnccc4n3C)cc2)cc1. The van der Waals surface area contributed by atoms with E-state index in [0.717, 1.165) is 46.9 Å². The van der Waals surface area contributed by atoms with Gasteiger partial charge in [-0.1, -0.05) is 0 Å². The second kappa shape index (κ2) is 8.22. The van der Waals surface area contributed by atoms with Gasteiger partial charge < -0.3 is 9.47 Å². The van der Waals surface area contributed by atoms with Crippen molar-refractivity contribution in [2.45, 2.75) is 13.8 Å². The van der Waals surface area contributed by atoms with Gasteiger partial charge in [-0.15, -0.1) is 0 Å². The molecular weight excluding hydrogens is 360 g/mol. The van der Waals surface area contributed by atoms with Crippen LogP contribution in [0.15, 0.2) is 77.2 Å². The van der Waals surface area contributed by atoms with Crippen LogP contribution in [-0.2, 0) is 7.05 Å². The fourth-order valence-electron chi connectivity index (χ4n) is 3.42. The fourth-order valence-corrected chi connectivity index (χ4v) is 3.42. The van der Waals surface area contributed by atoms with E-state index >= 15 is 0 Å². The first-order chi connectivity index (χ1) is 14.2. The molecule has 0 spiro atoms. The van der Waals surface area contributed by atoms with Crippen molar-refractivity contribution >= 4 is 28.1 Å². The monoisotopic (exact) mass is 384 g/mol. The molecule has 4 rings (SSSR count). The third-order valence-corrected chi connectivity index (χ3v) is 5.07. The predicted octanol–water partition coefficient (Wildman–Crippen LogP) is 5.90. The lowest BCUT2D eigenvalue weighted by Gasteiger charge is -2.20. The Hall–Kier alpha value is -3.54. The van der Waals surface area contributed by atoms with Crippen molar-refractivity contribution in [1.29, 1.82) is 0 Å². The summed E-state index contributed by atoms with van der Waals surface area (Å²) in [5.74, 6) is 0.906. The summed E-state index contributed by atoms with van der Waals surface area (Å²) in [6.45, 7) is 6.30. The average molecular weight is 384 g/mol. The van der Waals surface area contributed by atoms with Crippen LogP contribution in [0.4, 0.5) is 17.1 Å². The lowest BCUT2D eigenvalue weighted by Crippen LogP contribution is -2.21. The maximum atomic E-state index is 4.68. The molecule has 0 saturated carbocycles. The molecule has 29 heavy (non-hydrogen) atoms. The molecule has 6 nitrogen and oxygen atoms in total. The molecular formula is C23H24N6. The van der Waals surface area contributed by atoms with E-state index in [0.29, 0.717) is 0 Å². The Morgan fingerprint density at radius 3 is 2.07 bits per heavy atom. The average Bonchev–Trinajstić information content (AvgIpc) is 3.11. The van der Waals surface area contributed by atoms with Crippen LogP contribution in [0.1, 0.15) is 13.8 Å². The minimum atomic E-state index is 0.807. The predicted molar refractivity (Wildman–Crippen MR) is 118 cm³/mol. The molecule has 2 aromatic carbocycles. The molecule has 4 aromatic rings. The van der Waals surface area contributed by atoms with Gasteiger partial charge in [-0.2, -0.15) is 10.2 Å². The highest BCUT2D eigenvalue weighted by Crippen LogP contribution is 2.26. The van der Waals surface area contributed by atoms with Gasteiger partial charge >= 0.3 is 0 Å². The molecule has 0 aliphatic carbocycles. The van der Waals surface area contributed by atoms with E-state index in [1.165, 1.54) is 5.69 Å². The summed E-state index contributed by atoms with van der Waals surface area (Å²) in [6, 6.07) is 18.1. The molecule has 6 heteroatoms. The first kappa shape index (κ1) is 18.8. The molecule has 0 radical (unpaired) electrons. The Labute approximate surface area is 170 Å². The lowest BCUT2D eigenvalue weighted by atomic mass is 10.2. The number of aromatic nitrogens is 3. The number of rotatable bonds is 6. The summed E-state index contributed by atoms with van der Waals surface area (Å²) >= 11 is 0. The summed E-state index contributed by atoms with van der Waals surface area (Å²) in [4.78, 5) is 11.1. The van der Waals surface area contributed by atoms with Crippen LogP contribution in [0.2, 0.25) is 0 Å². The Bertz CT molecular complexity index is 1120. The quantitative estimate of drug-likeness (QED) is 0.389. The van der Waals surface area contributed by atoms with Gasteiger partial charge in [0.1, 0.15) is 11.3 Å². The third-order valence-electron chi connectivity index (χ3n) is 5.07. The minimum absolute atomic E-state index is 0.807. The van der Waals surface area contributed by atoms with Crippen molar-refractivity contribution in [2.24, 2.45) is 17.3 Å². The summed E-state index contributed by atoms with van der Waals surface area (Å²) in [5.41, 5.74) is 5.84. The maximum absolute atomic E-state index is 4.68. The highest BCUT2D eigenvalue weighted by Gasteiger charge is 2.09. The van der Waals surface area contributed by atoms with Crippen LogP contribution in [0, 0.1) is 0 Å². The highest BCUT2D eigenvalue weighted by molar-refractivity contribution is 5.79. The van der Waals surface area contributed by atoms with E-state index in [4.69, 9.17) is 0 Å². The van der Waals surface area contributed by atoms with E-state index in [-0.39, 0.29) is 0 Å². The van der Waals surface area contributed by atoms with Crippen molar-refractivity contribution in [1.82, 2.24) is 14.5 Å². The van der Waals surface area contributed by atoms with Crippen molar-refractivity contribution < 1.29 is 0 Å². The number of aryl methyl sites for hydroxylation is 1. The number of hydrogen-bond donors (Lipinski definition) is 0. The van der Waals surface area contributed by atoms with E-state index in [1.54, 1.807) is 12.4 Å². The molecule has 0 amide bonds. The molecule has 0 saturated heterocycles. The zero-order valence-corrected chi connectivity index (χ0v) is 16.9. The maximum Gasteiger partial charge on any atom is 0.140 e. The van der Waals surface area contributed by atoms with E-state index in [2.05, 4.69) is 55.6 Å². The summed E-state index contributed by atoms with van der Waals surface area (Å²) in [5, 5.41) is 8.73. The van der Waals surface area contributed by atoms with Crippen LogP contribution in [0.5, 0.6) is 0 Å². The Balaban J connectivity index is 1.51. The smallest absolute Gasteiger partial charge is 0.140 e. The number of azo groups is 1. The fraction of sp³-hybridized carbons (Fsp3) is 0.217. The van der Waals surface area contributed by atoms with E-state index in [9.17, 15) is 0 Å². The first-order valence-electron chi connectivity index (χ1n) is 9.83. The topological polar surface area (TPSA) is 58.7 Å². The Morgan fingerprint density at radius 1 is 0.862 bits per heavy atom. The highest BCUT2D eigenvalue weighted by atomic mass is 15.1. The number of benzene rings is 2. The largest absolute Gasteiger partial charge is 0.372 e. The second-order valence-electron chi connectivity index (χ2n) is 6.79. The molecule has 2 aromatic heterocycles. The molecule has 0 aliphatic heterocycles. The molecule has 0 aliphatic rings. The lowest BCUT2D eigenvalue weighted by molar-refractivity contribution is 0.866. The van der Waals surface area contributed by atoms with Gasteiger partial charge in [-0.25, -0.2) is 4.98 Å². The van der Waals surface area contributed by atoms with Gasteiger partial charge in [0.2, 0.25) is 0 Å². The summed E-state index contributed by atoms with van der Waals surface area (Å²) in [7, 11) is 2.01. The molecule has 0 bridgehead atoms. The van der Waals surface area contributed by atoms with Crippen LogP contribution in [-0.4, -0.2) is 27.6 Å². The molecule has 0 atom stereocenters. The third kappa shape index (κ3) is 3.87. The van der Waals surface area contributed by atoms with Crippen molar-refractivity contribution in [2.75, 3.05) is 18.0 Å². The number of anilines is 1.